The third-order valence-electron chi connectivity index (χ3n) is 3.80. The Morgan fingerprint density at radius 3 is 2.80 bits per heavy atom. The summed E-state index contributed by atoms with van der Waals surface area (Å²) in [7, 11) is 1.51. The van der Waals surface area contributed by atoms with Gasteiger partial charge in [-0.15, -0.1) is 0 Å². The number of methoxy groups -OCH3 is 1. The molecule has 1 aliphatic rings. The van der Waals surface area contributed by atoms with E-state index in [1.807, 2.05) is 6.92 Å². The lowest BCUT2D eigenvalue weighted by atomic mass is 10.3. The highest BCUT2D eigenvalue weighted by Crippen LogP contribution is 2.34. The van der Waals surface area contributed by atoms with Crippen LogP contribution in [0.5, 0.6) is 17.2 Å². The van der Waals surface area contributed by atoms with E-state index in [0.717, 1.165) is 5.69 Å². The summed E-state index contributed by atoms with van der Waals surface area (Å²) in [4.78, 5) is 24.0. The number of amides is 2. The van der Waals surface area contributed by atoms with Crippen LogP contribution in [-0.4, -0.2) is 31.0 Å². The van der Waals surface area contributed by atoms with Gasteiger partial charge in [-0.25, -0.2) is 4.79 Å². The second kappa shape index (κ2) is 7.16. The van der Waals surface area contributed by atoms with Crippen LogP contribution in [-0.2, 0) is 6.54 Å². The second-order valence-electron chi connectivity index (χ2n) is 5.48. The van der Waals surface area contributed by atoms with Crippen molar-refractivity contribution in [1.29, 1.82) is 0 Å². The first kappa shape index (κ1) is 16.7. The summed E-state index contributed by atoms with van der Waals surface area (Å²) < 4.78 is 17.1. The summed E-state index contributed by atoms with van der Waals surface area (Å²) in [6.07, 6.45) is 0. The van der Waals surface area contributed by atoms with Crippen molar-refractivity contribution in [3.05, 3.63) is 46.4 Å². The van der Waals surface area contributed by atoms with E-state index in [4.69, 9.17) is 14.2 Å². The van der Waals surface area contributed by atoms with Gasteiger partial charge < -0.3 is 29.4 Å². The summed E-state index contributed by atoms with van der Waals surface area (Å²) in [6, 6.07) is 7.98. The number of aryl methyl sites for hydroxylation is 1. The van der Waals surface area contributed by atoms with Gasteiger partial charge in [0.2, 0.25) is 6.79 Å². The normalized spacial score (nSPS) is 11.9. The predicted octanol–water partition coefficient (Wildman–Crippen LogP) is 1.72. The Labute approximate surface area is 144 Å². The molecule has 1 aromatic heterocycles. The molecule has 3 rings (SSSR count). The van der Waals surface area contributed by atoms with Crippen LogP contribution in [0, 0.1) is 6.92 Å². The minimum absolute atomic E-state index is 0.171. The SMILES string of the molecule is COc1cc(C)n(CCNC(=O)Nc2ccc3c(c2)OCO3)c(=O)c1. The molecule has 1 aromatic carbocycles. The predicted molar refractivity (Wildman–Crippen MR) is 91.6 cm³/mol. The minimum Gasteiger partial charge on any atom is -0.496 e. The first-order chi connectivity index (χ1) is 12.1. The highest BCUT2D eigenvalue weighted by Gasteiger charge is 2.14. The molecule has 25 heavy (non-hydrogen) atoms. The van der Waals surface area contributed by atoms with Gasteiger partial charge in [0.05, 0.1) is 7.11 Å². The third-order valence-corrected chi connectivity index (χ3v) is 3.80. The van der Waals surface area contributed by atoms with Crippen molar-refractivity contribution < 1.29 is 19.0 Å². The zero-order valence-electron chi connectivity index (χ0n) is 14.0. The molecule has 0 unspecified atom stereocenters. The highest BCUT2D eigenvalue weighted by atomic mass is 16.7. The zero-order chi connectivity index (χ0) is 17.8. The fraction of sp³-hybridized carbons (Fsp3) is 0.294. The number of pyridine rings is 1. The van der Waals surface area contributed by atoms with E-state index < -0.39 is 0 Å². The molecule has 8 nitrogen and oxygen atoms in total. The fourth-order valence-electron chi connectivity index (χ4n) is 2.53. The molecule has 1 aliphatic heterocycles. The molecule has 0 atom stereocenters. The number of anilines is 1. The van der Waals surface area contributed by atoms with Crippen LogP contribution in [0.1, 0.15) is 5.69 Å². The number of nitrogens with zero attached hydrogens (tertiary/aromatic N) is 1. The summed E-state index contributed by atoms with van der Waals surface area (Å²) in [6.45, 7) is 2.67. The van der Waals surface area contributed by atoms with Crippen LogP contribution in [0.15, 0.2) is 35.1 Å². The van der Waals surface area contributed by atoms with Crippen LogP contribution in [0.3, 0.4) is 0 Å². The molecular weight excluding hydrogens is 326 g/mol. The van der Waals surface area contributed by atoms with Gasteiger partial charge in [0.1, 0.15) is 5.75 Å². The van der Waals surface area contributed by atoms with Crippen LogP contribution < -0.4 is 30.4 Å². The number of carbonyl (C=O) groups excluding carboxylic acids is 1. The molecule has 0 saturated heterocycles. The molecule has 2 heterocycles. The summed E-state index contributed by atoms with van der Waals surface area (Å²) in [5, 5.41) is 5.43. The van der Waals surface area contributed by atoms with Crippen LogP contribution >= 0.6 is 0 Å². The third kappa shape index (κ3) is 3.85. The van der Waals surface area contributed by atoms with E-state index in [1.54, 1.807) is 28.8 Å². The van der Waals surface area contributed by atoms with Crippen LogP contribution in [0.4, 0.5) is 10.5 Å². The van der Waals surface area contributed by atoms with E-state index in [1.165, 1.54) is 13.2 Å². The minimum atomic E-state index is -0.363. The van der Waals surface area contributed by atoms with E-state index in [2.05, 4.69) is 10.6 Å². The summed E-state index contributed by atoms with van der Waals surface area (Å²) in [5.41, 5.74) is 1.19. The molecule has 8 heteroatoms. The Morgan fingerprint density at radius 2 is 2.04 bits per heavy atom. The summed E-state index contributed by atoms with van der Waals surface area (Å²) >= 11 is 0. The van der Waals surface area contributed by atoms with E-state index in [0.29, 0.717) is 36.0 Å². The molecule has 0 radical (unpaired) electrons. The first-order valence-corrected chi connectivity index (χ1v) is 7.77. The molecule has 0 bridgehead atoms. The number of rotatable bonds is 5. The fourth-order valence-corrected chi connectivity index (χ4v) is 2.53. The Morgan fingerprint density at radius 1 is 1.24 bits per heavy atom. The lowest BCUT2D eigenvalue weighted by molar-refractivity contribution is 0.174. The van der Waals surface area contributed by atoms with Gasteiger partial charge in [-0.2, -0.15) is 0 Å². The average molecular weight is 345 g/mol. The summed E-state index contributed by atoms with van der Waals surface area (Å²) in [5.74, 6) is 1.77. The number of hydrogen-bond acceptors (Lipinski definition) is 5. The van der Waals surface area contributed by atoms with Crippen molar-refractivity contribution in [1.82, 2.24) is 9.88 Å². The average Bonchev–Trinajstić information content (AvgIpc) is 3.04. The first-order valence-electron chi connectivity index (χ1n) is 7.77. The Kier molecular flexibility index (Phi) is 4.78. The van der Waals surface area contributed by atoms with Gasteiger partial charge in [0, 0.05) is 36.6 Å². The van der Waals surface area contributed by atoms with Crippen molar-refractivity contribution in [2.75, 3.05) is 25.8 Å². The number of aromatic nitrogens is 1. The van der Waals surface area contributed by atoms with E-state index >= 15 is 0 Å². The van der Waals surface area contributed by atoms with Gasteiger partial charge in [-0.3, -0.25) is 4.79 Å². The van der Waals surface area contributed by atoms with Crippen LogP contribution in [0.2, 0.25) is 0 Å². The molecule has 2 amide bonds. The van der Waals surface area contributed by atoms with E-state index in [-0.39, 0.29) is 18.4 Å². The Balaban J connectivity index is 1.54. The lowest BCUT2D eigenvalue weighted by Crippen LogP contribution is -2.34. The van der Waals surface area contributed by atoms with Gasteiger partial charge in [0.25, 0.3) is 5.56 Å². The molecule has 132 valence electrons. The van der Waals surface area contributed by atoms with Gasteiger partial charge >= 0.3 is 6.03 Å². The zero-order valence-corrected chi connectivity index (χ0v) is 14.0. The van der Waals surface area contributed by atoms with Crippen LogP contribution in [0.25, 0.3) is 0 Å². The van der Waals surface area contributed by atoms with Gasteiger partial charge in [-0.1, -0.05) is 0 Å². The molecule has 0 fully saturated rings. The number of nitrogens with one attached hydrogen (secondary N) is 2. The maximum absolute atomic E-state index is 12.0. The van der Waals surface area contributed by atoms with Crippen molar-refractivity contribution >= 4 is 11.7 Å². The molecule has 0 spiro atoms. The molecule has 2 N–H and O–H groups in total. The maximum atomic E-state index is 12.0. The van der Waals surface area contributed by atoms with Crippen molar-refractivity contribution in [2.24, 2.45) is 0 Å². The number of urea groups is 1. The second-order valence-corrected chi connectivity index (χ2v) is 5.48. The number of carbonyl (C=O) groups is 1. The quantitative estimate of drug-likeness (QED) is 0.861. The Hall–Kier alpha value is -3.16. The van der Waals surface area contributed by atoms with Crippen molar-refractivity contribution in [2.45, 2.75) is 13.5 Å². The maximum Gasteiger partial charge on any atom is 0.319 e. The molecular formula is C17H19N3O5. The van der Waals surface area contributed by atoms with E-state index in [9.17, 15) is 9.59 Å². The smallest absolute Gasteiger partial charge is 0.319 e. The van der Waals surface area contributed by atoms with Crippen molar-refractivity contribution in [3.63, 3.8) is 0 Å². The molecule has 0 aliphatic carbocycles. The topological polar surface area (TPSA) is 90.8 Å². The Bertz CT molecular complexity index is 847. The number of ether oxygens (including phenoxy) is 3. The van der Waals surface area contributed by atoms with Gasteiger partial charge in [0.15, 0.2) is 11.5 Å². The monoisotopic (exact) mass is 345 g/mol. The van der Waals surface area contributed by atoms with Gasteiger partial charge in [-0.05, 0) is 25.1 Å². The largest absolute Gasteiger partial charge is 0.496 e. The standard InChI is InChI=1S/C17H19N3O5/c1-11-7-13(23-2)9-16(21)20(11)6-5-18-17(22)19-12-3-4-14-15(8-12)25-10-24-14/h3-4,7-9H,5-6,10H2,1-2H3,(H2,18,19,22). The number of fused-ring (bicyclic) bond motifs is 1. The lowest BCUT2D eigenvalue weighted by Gasteiger charge is -2.12. The molecule has 2 aromatic rings. The number of benzene rings is 1. The van der Waals surface area contributed by atoms with Crippen molar-refractivity contribution in [3.8, 4) is 17.2 Å². The highest BCUT2D eigenvalue weighted by molar-refractivity contribution is 5.89. The number of hydrogen-bond donors (Lipinski definition) is 2. The molecule has 0 saturated carbocycles.